The van der Waals surface area contributed by atoms with E-state index in [9.17, 15) is 27.9 Å². The minimum Gasteiger partial charge on any atom is -0.464 e. The molecule has 0 bridgehead atoms. The number of halogens is 4. The van der Waals surface area contributed by atoms with Gasteiger partial charge in [-0.05, 0) is 32.8 Å². The van der Waals surface area contributed by atoms with Crippen molar-refractivity contribution in [3.8, 4) is 11.7 Å². The number of amides is 1. The Bertz CT molecular complexity index is 1310. The summed E-state index contributed by atoms with van der Waals surface area (Å²) in [5, 5.41) is 22.4. The molecule has 3 aromatic heterocycles. The predicted molar refractivity (Wildman–Crippen MR) is 112 cm³/mol. The average molecular weight is 499 g/mol. The number of ether oxygens (including phenoxy) is 1. The Kier molecular flexibility index (Phi) is 6.36. The van der Waals surface area contributed by atoms with Crippen LogP contribution in [0.15, 0.2) is 17.1 Å². The second-order valence-electron chi connectivity index (χ2n) is 7.87. The van der Waals surface area contributed by atoms with Gasteiger partial charge in [0.1, 0.15) is 12.2 Å². The highest BCUT2D eigenvalue weighted by Crippen LogP contribution is 2.42. The van der Waals surface area contributed by atoms with Crippen LogP contribution >= 0.6 is 0 Å². The van der Waals surface area contributed by atoms with Crippen LogP contribution in [0.3, 0.4) is 0 Å². The second kappa shape index (κ2) is 9.13. The SMILES string of the molecule is CCn1c(CO)nn(-c2nc(O[C@@H](C)C(F)(F)F)c(C(=O)Nc3c[nH]nc3C3CC3)cc2F)c1=O. The van der Waals surface area contributed by atoms with Gasteiger partial charge >= 0.3 is 11.9 Å². The van der Waals surface area contributed by atoms with Gasteiger partial charge in [0, 0.05) is 18.7 Å². The second-order valence-corrected chi connectivity index (χ2v) is 7.87. The molecule has 3 aromatic rings. The molecule has 11 nitrogen and oxygen atoms in total. The van der Waals surface area contributed by atoms with Gasteiger partial charge in [0.25, 0.3) is 5.91 Å². The molecule has 1 saturated carbocycles. The van der Waals surface area contributed by atoms with Gasteiger partial charge in [0.05, 0.1) is 11.4 Å². The number of alkyl halides is 3. The minimum absolute atomic E-state index is 0.0827. The number of carbonyl (C=O) groups excluding carboxylic acids is 1. The zero-order chi connectivity index (χ0) is 25.5. The molecule has 1 aliphatic rings. The van der Waals surface area contributed by atoms with Crippen molar-refractivity contribution in [3.63, 3.8) is 0 Å². The molecule has 1 amide bonds. The van der Waals surface area contributed by atoms with Crippen molar-refractivity contribution in [1.82, 2.24) is 29.5 Å². The zero-order valence-electron chi connectivity index (χ0n) is 18.6. The van der Waals surface area contributed by atoms with E-state index in [0.29, 0.717) is 29.1 Å². The molecule has 0 saturated heterocycles. The molecule has 3 heterocycles. The van der Waals surface area contributed by atoms with E-state index >= 15 is 4.39 Å². The molecule has 1 atom stereocenters. The molecule has 0 aliphatic heterocycles. The first kappa shape index (κ1) is 24.4. The molecule has 3 N–H and O–H groups in total. The van der Waals surface area contributed by atoms with Gasteiger partial charge < -0.3 is 15.2 Å². The van der Waals surface area contributed by atoms with Crippen LogP contribution in [0, 0.1) is 5.82 Å². The summed E-state index contributed by atoms with van der Waals surface area (Å²) in [6.45, 7) is 1.70. The van der Waals surface area contributed by atoms with E-state index in [0.717, 1.165) is 17.4 Å². The van der Waals surface area contributed by atoms with Crippen LogP contribution in [0.1, 0.15) is 54.5 Å². The fraction of sp³-hybridized carbons (Fsp3) is 0.450. The fourth-order valence-electron chi connectivity index (χ4n) is 3.37. The summed E-state index contributed by atoms with van der Waals surface area (Å²) >= 11 is 0. The van der Waals surface area contributed by atoms with E-state index in [1.54, 1.807) is 6.92 Å². The van der Waals surface area contributed by atoms with Gasteiger partial charge in [-0.3, -0.25) is 14.5 Å². The van der Waals surface area contributed by atoms with E-state index < -0.39 is 53.6 Å². The Morgan fingerprint density at radius 3 is 2.69 bits per heavy atom. The van der Waals surface area contributed by atoms with Crippen molar-refractivity contribution < 1.29 is 32.2 Å². The summed E-state index contributed by atoms with van der Waals surface area (Å²) < 4.78 is 61.1. The number of rotatable bonds is 8. The van der Waals surface area contributed by atoms with E-state index in [2.05, 4.69) is 25.6 Å². The molecular weight excluding hydrogens is 478 g/mol. The maximum Gasteiger partial charge on any atom is 0.425 e. The van der Waals surface area contributed by atoms with Gasteiger partial charge in [0.2, 0.25) is 5.88 Å². The Balaban J connectivity index is 1.78. The van der Waals surface area contributed by atoms with Crippen LogP contribution in [-0.2, 0) is 13.2 Å². The number of H-pyrrole nitrogens is 1. The van der Waals surface area contributed by atoms with Gasteiger partial charge in [-0.1, -0.05) is 0 Å². The third-order valence-corrected chi connectivity index (χ3v) is 5.40. The average Bonchev–Trinajstić information content (AvgIpc) is 3.46. The summed E-state index contributed by atoms with van der Waals surface area (Å²) in [6.07, 6.45) is -4.10. The summed E-state index contributed by atoms with van der Waals surface area (Å²) in [7, 11) is 0. The molecule has 1 aliphatic carbocycles. The van der Waals surface area contributed by atoms with Gasteiger partial charge in [-0.15, -0.1) is 5.10 Å². The van der Waals surface area contributed by atoms with Crippen LogP contribution < -0.4 is 15.7 Å². The molecular formula is C20H21F4N7O4. The number of anilines is 1. The first-order valence-corrected chi connectivity index (χ1v) is 10.6. The van der Waals surface area contributed by atoms with E-state index in [4.69, 9.17) is 4.74 Å². The van der Waals surface area contributed by atoms with E-state index in [1.165, 1.54) is 6.20 Å². The molecule has 0 unspecified atom stereocenters. The number of aliphatic hydroxyl groups is 1. The minimum atomic E-state index is -4.82. The number of aromatic amines is 1. The van der Waals surface area contributed by atoms with Crippen molar-refractivity contribution in [3.05, 3.63) is 45.6 Å². The van der Waals surface area contributed by atoms with Gasteiger partial charge in [-0.25, -0.2) is 9.18 Å². The van der Waals surface area contributed by atoms with Crippen LogP contribution in [0.25, 0.3) is 5.82 Å². The Hall–Kier alpha value is -3.75. The number of nitrogens with one attached hydrogen (secondary N) is 2. The zero-order valence-corrected chi connectivity index (χ0v) is 18.6. The quantitative estimate of drug-likeness (QED) is 0.404. The maximum atomic E-state index is 15.1. The lowest BCUT2D eigenvalue weighted by molar-refractivity contribution is -0.190. The highest BCUT2D eigenvalue weighted by atomic mass is 19.4. The van der Waals surface area contributed by atoms with Crippen LogP contribution in [0.2, 0.25) is 0 Å². The van der Waals surface area contributed by atoms with Crippen molar-refractivity contribution in [1.29, 1.82) is 0 Å². The smallest absolute Gasteiger partial charge is 0.425 e. The molecule has 35 heavy (non-hydrogen) atoms. The topological polar surface area (TPSA) is 140 Å². The Labute approximate surface area is 194 Å². The third-order valence-electron chi connectivity index (χ3n) is 5.40. The highest BCUT2D eigenvalue weighted by Gasteiger charge is 2.39. The first-order valence-electron chi connectivity index (χ1n) is 10.6. The van der Waals surface area contributed by atoms with E-state index in [-0.39, 0.29) is 18.3 Å². The summed E-state index contributed by atoms with van der Waals surface area (Å²) in [5.74, 6) is -3.83. The fourth-order valence-corrected chi connectivity index (χ4v) is 3.37. The number of hydrogen-bond acceptors (Lipinski definition) is 7. The first-order chi connectivity index (χ1) is 16.5. The molecule has 4 rings (SSSR count). The Morgan fingerprint density at radius 2 is 2.11 bits per heavy atom. The van der Waals surface area contributed by atoms with Crippen LogP contribution in [0.4, 0.5) is 23.2 Å². The van der Waals surface area contributed by atoms with Crippen molar-refractivity contribution >= 4 is 11.6 Å². The molecule has 0 radical (unpaired) electrons. The van der Waals surface area contributed by atoms with Gasteiger partial charge in [-0.2, -0.15) is 27.9 Å². The molecule has 1 fully saturated rings. The summed E-state index contributed by atoms with van der Waals surface area (Å²) in [4.78, 5) is 29.3. The number of pyridine rings is 1. The van der Waals surface area contributed by atoms with Crippen LogP contribution in [-0.4, -0.2) is 52.8 Å². The van der Waals surface area contributed by atoms with Crippen molar-refractivity contribution in [2.45, 2.75) is 58.0 Å². The summed E-state index contributed by atoms with van der Waals surface area (Å²) in [6, 6.07) is 0.614. The molecule has 188 valence electrons. The lowest BCUT2D eigenvalue weighted by atomic mass is 10.2. The van der Waals surface area contributed by atoms with E-state index in [1.807, 2.05) is 0 Å². The number of nitrogens with zero attached hydrogens (tertiary/aromatic N) is 5. The summed E-state index contributed by atoms with van der Waals surface area (Å²) in [5.41, 5.74) is -0.650. The molecule has 0 aromatic carbocycles. The standard InChI is InChI=1S/C20H21F4N7O4/c1-3-30-14(8-32)29-31(19(30)34)16-12(21)6-11(18(27-16)35-9(2)20(22,23)24)17(33)26-13-7-25-28-15(13)10-4-5-10/h6-7,9-10,32H,3-5,8H2,1-2H3,(H,25,28)(H,26,33)/t9-/m0/s1. The highest BCUT2D eigenvalue weighted by molar-refractivity contribution is 6.06. The Morgan fingerprint density at radius 1 is 1.40 bits per heavy atom. The largest absolute Gasteiger partial charge is 0.464 e. The number of aliphatic hydroxyl groups excluding tert-OH is 1. The molecule has 0 spiro atoms. The van der Waals surface area contributed by atoms with Crippen LogP contribution in [0.5, 0.6) is 5.88 Å². The predicted octanol–water partition coefficient (Wildman–Crippen LogP) is 2.26. The maximum absolute atomic E-state index is 15.1. The van der Waals surface area contributed by atoms with Gasteiger partial charge in [0.15, 0.2) is 23.6 Å². The number of hydrogen-bond donors (Lipinski definition) is 3. The monoisotopic (exact) mass is 499 g/mol. The number of aromatic nitrogens is 6. The third kappa shape index (κ3) is 4.76. The lowest BCUT2D eigenvalue weighted by Crippen LogP contribution is -2.33. The van der Waals surface area contributed by atoms with Crippen molar-refractivity contribution in [2.75, 3.05) is 5.32 Å². The lowest BCUT2D eigenvalue weighted by Gasteiger charge is -2.19. The molecule has 15 heteroatoms. The number of carbonyl (C=O) groups is 1. The normalized spacial score (nSPS) is 14.7. The van der Waals surface area contributed by atoms with Crippen molar-refractivity contribution in [2.24, 2.45) is 0 Å².